The minimum Gasteiger partial charge on any atom is -0.483 e. The molecular formula is C18H19BrN2O3. The Morgan fingerprint density at radius 1 is 1.21 bits per heavy atom. The number of rotatable bonds is 5. The van der Waals surface area contributed by atoms with E-state index < -0.39 is 0 Å². The number of hydrogen-bond donors (Lipinski definition) is 1. The van der Waals surface area contributed by atoms with E-state index in [1.165, 1.54) is 11.8 Å². The lowest BCUT2D eigenvalue weighted by molar-refractivity contribution is -0.118. The van der Waals surface area contributed by atoms with Crippen molar-refractivity contribution in [1.29, 1.82) is 0 Å². The lowest BCUT2D eigenvalue weighted by Crippen LogP contribution is -2.23. The fourth-order valence-electron chi connectivity index (χ4n) is 2.04. The maximum Gasteiger partial charge on any atom is 0.262 e. The fraction of sp³-hybridized carbons (Fsp3) is 0.222. The Kier molecular flexibility index (Phi) is 5.98. The van der Waals surface area contributed by atoms with Gasteiger partial charge in [-0.3, -0.25) is 9.59 Å². The summed E-state index contributed by atoms with van der Waals surface area (Å²) in [7, 11) is 1.68. The predicted molar refractivity (Wildman–Crippen MR) is 98.5 cm³/mol. The number of hydrogen-bond acceptors (Lipinski definition) is 3. The van der Waals surface area contributed by atoms with Crippen molar-refractivity contribution in [2.24, 2.45) is 0 Å². The molecule has 0 aliphatic carbocycles. The van der Waals surface area contributed by atoms with Gasteiger partial charge in [-0.15, -0.1) is 0 Å². The summed E-state index contributed by atoms with van der Waals surface area (Å²) in [6.45, 7) is 3.36. The van der Waals surface area contributed by atoms with Crippen molar-refractivity contribution >= 4 is 39.1 Å². The van der Waals surface area contributed by atoms with Gasteiger partial charge < -0.3 is 15.0 Å². The van der Waals surface area contributed by atoms with Gasteiger partial charge in [-0.25, -0.2) is 0 Å². The van der Waals surface area contributed by atoms with E-state index >= 15 is 0 Å². The quantitative estimate of drug-likeness (QED) is 0.845. The van der Waals surface area contributed by atoms with Crippen molar-refractivity contribution in [3.05, 3.63) is 52.5 Å². The Hall–Kier alpha value is -2.34. The van der Waals surface area contributed by atoms with E-state index in [0.717, 1.165) is 10.0 Å². The molecule has 0 aromatic heterocycles. The lowest BCUT2D eigenvalue weighted by Gasteiger charge is -2.16. The van der Waals surface area contributed by atoms with E-state index in [9.17, 15) is 9.59 Å². The minimum atomic E-state index is -0.273. The van der Waals surface area contributed by atoms with Gasteiger partial charge in [0.1, 0.15) is 5.75 Å². The summed E-state index contributed by atoms with van der Waals surface area (Å²) in [6.07, 6.45) is 0. The summed E-state index contributed by atoms with van der Waals surface area (Å²) < 4.78 is 6.32. The number of amides is 2. The molecule has 2 aromatic rings. The Morgan fingerprint density at radius 2 is 1.96 bits per heavy atom. The molecule has 0 bridgehead atoms. The normalized spacial score (nSPS) is 10.2. The highest BCUT2D eigenvalue weighted by Crippen LogP contribution is 2.25. The van der Waals surface area contributed by atoms with Gasteiger partial charge in [0.2, 0.25) is 5.91 Å². The molecule has 24 heavy (non-hydrogen) atoms. The number of nitrogens with one attached hydrogen (secondary N) is 1. The van der Waals surface area contributed by atoms with Crippen LogP contribution in [0.4, 0.5) is 11.4 Å². The maximum absolute atomic E-state index is 12.0. The second-order valence-electron chi connectivity index (χ2n) is 5.40. The topological polar surface area (TPSA) is 58.6 Å². The van der Waals surface area contributed by atoms with Crippen molar-refractivity contribution in [3.63, 3.8) is 0 Å². The molecule has 0 aliphatic heterocycles. The number of anilines is 2. The van der Waals surface area contributed by atoms with Gasteiger partial charge in [-0.05, 0) is 58.7 Å². The molecule has 0 fully saturated rings. The second-order valence-corrected chi connectivity index (χ2v) is 6.25. The highest BCUT2D eigenvalue weighted by molar-refractivity contribution is 9.10. The van der Waals surface area contributed by atoms with Crippen molar-refractivity contribution in [2.75, 3.05) is 23.9 Å². The van der Waals surface area contributed by atoms with Crippen LogP contribution in [0.25, 0.3) is 0 Å². The summed E-state index contributed by atoms with van der Waals surface area (Å²) in [5.41, 5.74) is 2.42. The van der Waals surface area contributed by atoms with Gasteiger partial charge in [0, 0.05) is 25.3 Å². The van der Waals surface area contributed by atoms with Crippen LogP contribution < -0.4 is 15.0 Å². The van der Waals surface area contributed by atoms with Crippen LogP contribution in [0.2, 0.25) is 0 Å². The summed E-state index contributed by atoms with van der Waals surface area (Å²) >= 11 is 3.41. The molecule has 0 radical (unpaired) electrons. The molecule has 0 heterocycles. The van der Waals surface area contributed by atoms with E-state index in [4.69, 9.17) is 4.74 Å². The van der Waals surface area contributed by atoms with Crippen LogP contribution in [-0.2, 0) is 9.59 Å². The third kappa shape index (κ3) is 4.83. The zero-order valence-electron chi connectivity index (χ0n) is 13.8. The molecule has 0 unspecified atom stereocenters. The number of carbonyl (C=O) groups excluding carboxylic acids is 2. The number of carbonyl (C=O) groups is 2. The molecule has 0 aliphatic rings. The number of halogens is 1. The first-order valence-electron chi connectivity index (χ1n) is 7.40. The lowest BCUT2D eigenvalue weighted by atomic mass is 10.2. The van der Waals surface area contributed by atoms with Crippen LogP contribution in [0.1, 0.15) is 12.5 Å². The molecule has 5 nitrogen and oxygen atoms in total. The van der Waals surface area contributed by atoms with Gasteiger partial charge in [0.15, 0.2) is 6.61 Å². The smallest absolute Gasteiger partial charge is 0.262 e. The van der Waals surface area contributed by atoms with Gasteiger partial charge in [0.05, 0.1) is 4.47 Å². The number of nitrogens with zero attached hydrogens (tertiary/aromatic N) is 1. The van der Waals surface area contributed by atoms with E-state index in [-0.39, 0.29) is 18.4 Å². The first-order chi connectivity index (χ1) is 11.4. The van der Waals surface area contributed by atoms with Gasteiger partial charge >= 0.3 is 0 Å². The fourth-order valence-corrected chi connectivity index (χ4v) is 2.65. The molecule has 2 rings (SSSR count). The van der Waals surface area contributed by atoms with Crippen LogP contribution in [0.5, 0.6) is 5.75 Å². The van der Waals surface area contributed by atoms with Crippen LogP contribution in [0, 0.1) is 6.92 Å². The Morgan fingerprint density at radius 3 is 2.62 bits per heavy atom. The molecule has 126 valence electrons. The third-order valence-electron chi connectivity index (χ3n) is 3.44. The van der Waals surface area contributed by atoms with Gasteiger partial charge in [-0.1, -0.05) is 12.1 Å². The van der Waals surface area contributed by atoms with E-state index in [2.05, 4.69) is 21.2 Å². The number of aryl methyl sites for hydroxylation is 1. The van der Waals surface area contributed by atoms with Gasteiger partial charge in [0.25, 0.3) is 5.91 Å². The van der Waals surface area contributed by atoms with Crippen molar-refractivity contribution in [2.45, 2.75) is 13.8 Å². The number of ether oxygens (including phenoxy) is 1. The average molecular weight is 391 g/mol. The zero-order valence-corrected chi connectivity index (χ0v) is 15.4. The second kappa shape index (κ2) is 7.97. The van der Waals surface area contributed by atoms with Crippen LogP contribution in [0.15, 0.2) is 46.9 Å². The van der Waals surface area contributed by atoms with Crippen molar-refractivity contribution < 1.29 is 14.3 Å². The Labute approximate surface area is 149 Å². The van der Waals surface area contributed by atoms with Crippen LogP contribution in [0.3, 0.4) is 0 Å². The molecule has 2 aromatic carbocycles. The first-order valence-corrected chi connectivity index (χ1v) is 8.19. The largest absolute Gasteiger partial charge is 0.483 e. The Bertz CT molecular complexity index is 762. The average Bonchev–Trinajstić information content (AvgIpc) is 2.53. The highest BCUT2D eigenvalue weighted by atomic mass is 79.9. The van der Waals surface area contributed by atoms with E-state index in [0.29, 0.717) is 17.1 Å². The molecule has 0 saturated heterocycles. The number of benzene rings is 2. The van der Waals surface area contributed by atoms with Crippen LogP contribution in [-0.4, -0.2) is 25.5 Å². The maximum atomic E-state index is 12.0. The summed E-state index contributed by atoms with van der Waals surface area (Å²) in [5.74, 6) is 0.261. The van der Waals surface area contributed by atoms with E-state index in [1.54, 1.807) is 31.3 Å². The summed E-state index contributed by atoms with van der Waals surface area (Å²) in [4.78, 5) is 25.0. The zero-order chi connectivity index (χ0) is 17.7. The van der Waals surface area contributed by atoms with E-state index in [1.807, 2.05) is 25.1 Å². The molecule has 0 atom stereocenters. The third-order valence-corrected chi connectivity index (χ3v) is 4.06. The predicted octanol–water partition coefficient (Wildman–Crippen LogP) is 3.76. The molecule has 1 N–H and O–H groups in total. The highest BCUT2D eigenvalue weighted by Gasteiger charge is 2.09. The molecule has 2 amide bonds. The van der Waals surface area contributed by atoms with Crippen molar-refractivity contribution in [3.8, 4) is 5.75 Å². The molecular weight excluding hydrogens is 372 g/mol. The minimum absolute atomic E-state index is 0.0777. The summed E-state index contributed by atoms with van der Waals surface area (Å²) in [6, 6.07) is 12.7. The van der Waals surface area contributed by atoms with Gasteiger partial charge in [-0.2, -0.15) is 0 Å². The standard InChI is InChI=1S/C18H19BrN2O3/c1-12-7-8-17(16(19)9-12)24-11-18(23)20-14-5-4-6-15(10-14)21(3)13(2)22/h4-10H,11H2,1-3H3,(H,20,23). The summed E-state index contributed by atoms with van der Waals surface area (Å²) in [5, 5.41) is 2.76. The van der Waals surface area contributed by atoms with Crippen molar-refractivity contribution in [1.82, 2.24) is 0 Å². The SMILES string of the molecule is CC(=O)N(C)c1cccc(NC(=O)COc2ccc(C)cc2Br)c1. The molecule has 6 heteroatoms. The molecule has 0 spiro atoms. The monoisotopic (exact) mass is 390 g/mol. The first kappa shape index (κ1) is 18.0. The molecule has 0 saturated carbocycles. The van der Waals surface area contributed by atoms with Crippen LogP contribution >= 0.6 is 15.9 Å². The Balaban J connectivity index is 1.97.